The standard InChI is InChI=1S/C17H18N2O3S/c1-11-6-7-15(18-9-11)19-16(20)10-22-17(21)14-8-12-4-2-3-5-13(12)23-14/h6-9H,2-5,10H2,1H3,(H,18,19,20). The molecule has 6 heteroatoms. The first kappa shape index (κ1) is 15.7. The number of nitrogens with zero attached hydrogens (tertiary/aromatic N) is 1. The van der Waals surface area contributed by atoms with Gasteiger partial charge in [0.2, 0.25) is 0 Å². The van der Waals surface area contributed by atoms with Gasteiger partial charge in [-0.1, -0.05) is 6.07 Å². The van der Waals surface area contributed by atoms with Crippen LogP contribution < -0.4 is 5.32 Å². The molecule has 1 aliphatic rings. The number of amides is 1. The zero-order valence-corrected chi connectivity index (χ0v) is 13.7. The molecule has 3 rings (SSSR count). The highest BCUT2D eigenvalue weighted by molar-refractivity contribution is 7.14. The molecular weight excluding hydrogens is 312 g/mol. The normalized spacial score (nSPS) is 13.3. The first-order chi connectivity index (χ1) is 11.1. The molecule has 2 aromatic rings. The molecule has 0 unspecified atom stereocenters. The van der Waals surface area contributed by atoms with Gasteiger partial charge in [-0.05, 0) is 55.9 Å². The third-order valence-electron chi connectivity index (χ3n) is 3.71. The lowest BCUT2D eigenvalue weighted by molar-refractivity contribution is -0.119. The minimum atomic E-state index is -0.434. The molecule has 0 bridgehead atoms. The van der Waals surface area contributed by atoms with Crippen molar-refractivity contribution >= 4 is 29.0 Å². The van der Waals surface area contributed by atoms with Gasteiger partial charge in [0.15, 0.2) is 6.61 Å². The van der Waals surface area contributed by atoms with Gasteiger partial charge >= 0.3 is 5.97 Å². The van der Waals surface area contributed by atoms with Crippen LogP contribution in [0, 0.1) is 6.92 Å². The number of hydrogen-bond donors (Lipinski definition) is 1. The highest BCUT2D eigenvalue weighted by Gasteiger charge is 2.18. The fraction of sp³-hybridized carbons (Fsp3) is 0.353. The van der Waals surface area contributed by atoms with Crippen LogP contribution in [-0.4, -0.2) is 23.5 Å². The molecule has 0 radical (unpaired) electrons. The largest absolute Gasteiger partial charge is 0.451 e. The number of ether oxygens (including phenoxy) is 1. The van der Waals surface area contributed by atoms with E-state index in [0.29, 0.717) is 10.7 Å². The highest BCUT2D eigenvalue weighted by atomic mass is 32.1. The van der Waals surface area contributed by atoms with Gasteiger partial charge in [-0.15, -0.1) is 11.3 Å². The van der Waals surface area contributed by atoms with Crippen molar-refractivity contribution < 1.29 is 14.3 Å². The van der Waals surface area contributed by atoms with E-state index in [0.717, 1.165) is 18.4 Å². The Labute approximate surface area is 138 Å². The van der Waals surface area contributed by atoms with Crippen LogP contribution >= 0.6 is 11.3 Å². The lowest BCUT2D eigenvalue weighted by atomic mass is 9.99. The van der Waals surface area contributed by atoms with Crippen LogP contribution in [0.15, 0.2) is 24.4 Å². The fourth-order valence-electron chi connectivity index (χ4n) is 2.51. The smallest absolute Gasteiger partial charge is 0.348 e. The Morgan fingerprint density at radius 3 is 2.87 bits per heavy atom. The summed E-state index contributed by atoms with van der Waals surface area (Å²) in [6.45, 7) is 1.61. The van der Waals surface area contributed by atoms with Gasteiger partial charge in [0.05, 0.1) is 0 Å². The van der Waals surface area contributed by atoms with Crippen molar-refractivity contribution in [3.8, 4) is 0 Å². The predicted molar refractivity (Wildman–Crippen MR) is 88.8 cm³/mol. The van der Waals surface area contributed by atoms with Gasteiger partial charge < -0.3 is 10.1 Å². The van der Waals surface area contributed by atoms with Crippen LogP contribution in [0.4, 0.5) is 5.82 Å². The minimum absolute atomic E-state index is 0.309. The summed E-state index contributed by atoms with van der Waals surface area (Å²) in [6.07, 6.45) is 6.07. The Kier molecular flexibility index (Phi) is 4.71. The van der Waals surface area contributed by atoms with Crippen molar-refractivity contribution in [2.45, 2.75) is 32.6 Å². The number of thiophene rings is 1. The molecule has 0 aliphatic heterocycles. The summed E-state index contributed by atoms with van der Waals surface area (Å²) in [6, 6.07) is 5.47. The first-order valence-corrected chi connectivity index (χ1v) is 8.44. The SMILES string of the molecule is Cc1ccc(NC(=O)COC(=O)c2cc3c(s2)CCCC3)nc1. The maximum atomic E-state index is 12.1. The number of aromatic nitrogens is 1. The predicted octanol–water partition coefficient (Wildman–Crippen LogP) is 3.13. The van der Waals surface area contributed by atoms with E-state index in [1.807, 2.05) is 19.1 Å². The van der Waals surface area contributed by atoms with E-state index in [2.05, 4.69) is 10.3 Å². The summed E-state index contributed by atoms with van der Waals surface area (Å²) in [4.78, 5) is 29.8. The molecule has 1 aliphatic carbocycles. The second-order valence-electron chi connectivity index (χ2n) is 5.61. The molecule has 0 saturated carbocycles. The molecule has 1 amide bonds. The Balaban J connectivity index is 1.53. The van der Waals surface area contributed by atoms with E-state index < -0.39 is 11.9 Å². The molecule has 0 fully saturated rings. The summed E-state index contributed by atoms with van der Waals surface area (Å²) in [5, 5.41) is 2.60. The van der Waals surface area contributed by atoms with Crippen molar-refractivity contribution in [1.29, 1.82) is 0 Å². The number of nitrogens with one attached hydrogen (secondary N) is 1. The molecular formula is C17H18N2O3S. The van der Waals surface area contributed by atoms with Crippen LogP contribution in [0.2, 0.25) is 0 Å². The zero-order valence-electron chi connectivity index (χ0n) is 12.9. The number of pyridine rings is 1. The topological polar surface area (TPSA) is 68.3 Å². The molecule has 2 aromatic heterocycles. The minimum Gasteiger partial charge on any atom is -0.451 e. The summed E-state index contributed by atoms with van der Waals surface area (Å²) >= 11 is 1.48. The zero-order chi connectivity index (χ0) is 16.2. The van der Waals surface area contributed by atoms with Gasteiger partial charge in [0.25, 0.3) is 5.91 Å². The van der Waals surface area contributed by atoms with Gasteiger partial charge in [0.1, 0.15) is 10.7 Å². The molecule has 23 heavy (non-hydrogen) atoms. The van der Waals surface area contributed by atoms with Gasteiger partial charge in [-0.25, -0.2) is 9.78 Å². The number of carbonyl (C=O) groups is 2. The number of aryl methyl sites for hydroxylation is 3. The van der Waals surface area contributed by atoms with Crippen molar-refractivity contribution in [1.82, 2.24) is 4.98 Å². The monoisotopic (exact) mass is 330 g/mol. The van der Waals surface area contributed by atoms with Gasteiger partial charge in [0, 0.05) is 11.1 Å². The van der Waals surface area contributed by atoms with Crippen molar-refractivity contribution in [2.24, 2.45) is 0 Å². The van der Waals surface area contributed by atoms with Crippen LogP contribution in [0.5, 0.6) is 0 Å². The maximum Gasteiger partial charge on any atom is 0.348 e. The average Bonchev–Trinajstić information content (AvgIpc) is 2.99. The van der Waals surface area contributed by atoms with Crippen LogP contribution in [0.3, 0.4) is 0 Å². The van der Waals surface area contributed by atoms with Gasteiger partial charge in [-0.3, -0.25) is 4.79 Å². The molecule has 0 spiro atoms. The Morgan fingerprint density at radius 1 is 1.30 bits per heavy atom. The molecule has 0 saturated heterocycles. The highest BCUT2D eigenvalue weighted by Crippen LogP contribution is 2.29. The molecule has 120 valence electrons. The second kappa shape index (κ2) is 6.91. The summed E-state index contributed by atoms with van der Waals surface area (Å²) in [5.41, 5.74) is 2.26. The third-order valence-corrected chi connectivity index (χ3v) is 4.93. The molecule has 1 N–H and O–H groups in total. The van der Waals surface area contributed by atoms with E-state index in [4.69, 9.17) is 4.74 Å². The number of anilines is 1. The maximum absolute atomic E-state index is 12.1. The molecule has 0 atom stereocenters. The van der Waals surface area contributed by atoms with E-state index in [1.165, 1.54) is 34.6 Å². The Morgan fingerprint density at radius 2 is 2.13 bits per heavy atom. The number of fused-ring (bicyclic) bond motifs is 1. The van der Waals surface area contributed by atoms with E-state index >= 15 is 0 Å². The second-order valence-corrected chi connectivity index (χ2v) is 6.75. The Hall–Kier alpha value is -2.21. The fourth-order valence-corrected chi connectivity index (χ4v) is 3.66. The van der Waals surface area contributed by atoms with Crippen LogP contribution in [0.1, 0.15) is 38.5 Å². The number of esters is 1. The van der Waals surface area contributed by atoms with Gasteiger partial charge in [-0.2, -0.15) is 0 Å². The summed E-state index contributed by atoms with van der Waals surface area (Å²) in [7, 11) is 0. The summed E-state index contributed by atoms with van der Waals surface area (Å²) < 4.78 is 5.10. The quantitative estimate of drug-likeness (QED) is 0.875. The lowest BCUT2D eigenvalue weighted by Gasteiger charge is -2.08. The van der Waals surface area contributed by atoms with Crippen molar-refractivity contribution in [3.05, 3.63) is 45.3 Å². The molecule has 5 nitrogen and oxygen atoms in total. The molecule has 0 aromatic carbocycles. The van der Waals surface area contributed by atoms with Crippen molar-refractivity contribution in [2.75, 3.05) is 11.9 Å². The Bertz CT molecular complexity index is 698. The lowest BCUT2D eigenvalue weighted by Crippen LogP contribution is -2.21. The summed E-state index contributed by atoms with van der Waals surface area (Å²) in [5.74, 6) is -0.379. The third kappa shape index (κ3) is 3.96. The number of rotatable bonds is 4. The van der Waals surface area contributed by atoms with E-state index in [-0.39, 0.29) is 6.61 Å². The number of carbonyl (C=O) groups excluding carboxylic acids is 2. The number of hydrogen-bond acceptors (Lipinski definition) is 5. The average molecular weight is 330 g/mol. The van der Waals surface area contributed by atoms with Crippen molar-refractivity contribution in [3.63, 3.8) is 0 Å². The van der Waals surface area contributed by atoms with E-state index in [9.17, 15) is 9.59 Å². The first-order valence-electron chi connectivity index (χ1n) is 7.63. The molecule has 2 heterocycles. The van der Waals surface area contributed by atoms with E-state index in [1.54, 1.807) is 12.3 Å². The van der Waals surface area contributed by atoms with Crippen LogP contribution in [0.25, 0.3) is 0 Å². The van der Waals surface area contributed by atoms with Crippen LogP contribution in [-0.2, 0) is 22.4 Å².